The topological polar surface area (TPSA) is 47.9 Å². The molecular weight excluding hydrogens is 360 g/mol. The van der Waals surface area contributed by atoms with Crippen molar-refractivity contribution in [2.75, 3.05) is 19.6 Å². The average molecular weight is 383 g/mol. The molecule has 0 saturated carbocycles. The summed E-state index contributed by atoms with van der Waals surface area (Å²) in [5, 5.41) is 8.92. The largest absolute Gasteiger partial charge is 0.352 e. The van der Waals surface area contributed by atoms with Gasteiger partial charge in [-0.25, -0.2) is 14.8 Å². The molecule has 140 valence electrons. The van der Waals surface area contributed by atoms with E-state index < -0.39 is 0 Å². The molecule has 27 heavy (non-hydrogen) atoms. The molecule has 2 heterocycles. The van der Waals surface area contributed by atoms with Gasteiger partial charge in [-0.2, -0.15) is 5.10 Å². The fourth-order valence-electron chi connectivity index (χ4n) is 3.66. The first-order chi connectivity index (χ1) is 13.2. The number of carbonyl (C=O) groups excluding carboxylic acids is 1. The van der Waals surface area contributed by atoms with Crippen molar-refractivity contribution in [2.24, 2.45) is 5.10 Å². The standard InChI is InChI=1S/C21H23ClN4O/c22-18-11-9-17(10-12-18)20-19(16-7-3-1-4-8-16)15-26(23-20)21(27)24-25-13-5-2-6-14-25/h1,3-4,7-12,19H,2,5-6,13-15H2,(H,24,27). The van der Waals surface area contributed by atoms with Crippen molar-refractivity contribution in [3.05, 3.63) is 70.7 Å². The number of hydrazine groups is 1. The maximum absolute atomic E-state index is 12.8. The summed E-state index contributed by atoms with van der Waals surface area (Å²) < 4.78 is 0. The van der Waals surface area contributed by atoms with E-state index in [9.17, 15) is 4.79 Å². The van der Waals surface area contributed by atoms with Crippen molar-refractivity contribution in [1.82, 2.24) is 15.4 Å². The van der Waals surface area contributed by atoms with Gasteiger partial charge in [0.05, 0.1) is 12.3 Å². The quantitative estimate of drug-likeness (QED) is 0.862. The van der Waals surface area contributed by atoms with Crippen LogP contribution >= 0.6 is 11.6 Å². The lowest BCUT2D eigenvalue weighted by molar-refractivity contribution is 0.133. The highest BCUT2D eigenvalue weighted by Gasteiger charge is 2.32. The van der Waals surface area contributed by atoms with Crippen LogP contribution in [0.15, 0.2) is 59.7 Å². The van der Waals surface area contributed by atoms with Crippen molar-refractivity contribution < 1.29 is 4.79 Å². The Kier molecular flexibility index (Phi) is 5.41. The Morgan fingerprint density at radius 3 is 2.41 bits per heavy atom. The van der Waals surface area contributed by atoms with Crippen LogP contribution in [0.5, 0.6) is 0 Å². The van der Waals surface area contributed by atoms with E-state index in [0.717, 1.165) is 42.8 Å². The molecule has 2 aromatic rings. The maximum Gasteiger partial charge on any atom is 0.352 e. The second kappa shape index (κ2) is 8.11. The van der Waals surface area contributed by atoms with Crippen LogP contribution in [0.4, 0.5) is 4.79 Å². The van der Waals surface area contributed by atoms with Crippen molar-refractivity contribution >= 4 is 23.3 Å². The lowest BCUT2D eigenvalue weighted by Crippen LogP contribution is -2.49. The van der Waals surface area contributed by atoms with E-state index in [4.69, 9.17) is 11.6 Å². The Labute approximate surface area is 164 Å². The van der Waals surface area contributed by atoms with Crippen molar-refractivity contribution in [2.45, 2.75) is 25.2 Å². The van der Waals surface area contributed by atoms with E-state index >= 15 is 0 Å². The molecule has 6 heteroatoms. The summed E-state index contributed by atoms with van der Waals surface area (Å²) in [5.74, 6) is 0.0412. The monoisotopic (exact) mass is 382 g/mol. The zero-order valence-corrected chi connectivity index (χ0v) is 15.9. The number of rotatable bonds is 3. The van der Waals surface area contributed by atoms with Gasteiger partial charge in [-0.15, -0.1) is 0 Å². The Hall–Kier alpha value is -2.37. The minimum Gasteiger partial charge on any atom is -0.269 e. The predicted molar refractivity (Wildman–Crippen MR) is 108 cm³/mol. The number of nitrogens with one attached hydrogen (secondary N) is 1. The van der Waals surface area contributed by atoms with E-state index in [0.29, 0.717) is 11.6 Å². The summed E-state index contributed by atoms with van der Waals surface area (Å²) in [5.41, 5.74) is 6.04. The van der Waals surface area contributed by atoms with Crippen molar-refractivity contribution in [3.8, 4) is 0 Å². The van der Waals surface area contributed by atoms with Crippen LogP contribution in [-0.2, 0) is 0 Å². The first kappa shape index (κ1) is 18.0. The van der Waals surface area contributed by atoms with Crippen LogP contribution in [0.1, 0.15) is 36.3 Å². The van der Waals surface area contributed by atoms with Gasteiger partial charge < -0.3 is 0 Å². The van der Waals surface area contributed by atoms with Crippen LogP contribution in [0.2, 0.25) is 5.02 Å². The van der Waals surface area contributed by atoms with Crippen LogP contribution in [0.25, 0.3) is 0 Å². The number of hydrogen-bond acceptors (Lipinski definition) is 3. The lowest BCUT2D eigenvalue weighted by Gasteiger charge is -2.28. The number of piperidine rings is 1. The fourth-order valence-corrected chi connectivity index (χ4v) is 3.78. The predicted octanol–water partition coefficient (Wildman–Crippen LogP) is 4.25. The molecule has 2 aliphatic rings. The Morgan fingerprint density at radius 2 is 1.70 bits per heavy atom. The minimum absolute atomic E-state index is 0.0412. The molecule has 1 atom stereocenters. The molecule has 2 aliphatic heterocycles. The van der Waals surface area contributed by atoms with E-state index in [1.807, 2.05) is 47.5 Å². The van der Waals surface area contributed by atoms with Gasteiger partial charge in [0.2, 0.25) is 0 Å². The van der Waals surface area contributed by atoms with Crippen LogP contribution in [-0.4, -0.2) is 41.4 Å². The molecule has 0 aromatic heterocycles. The van der Waals surface area contributed by atoms with Gasteiger partial charge in [0.1, 0.15) is 0 Å². The summed E-state index contributed by atoms with van der Waals surface area (Å²) in [6.07, 6.45) is 3.46. The molecule has 4 rings (SSSR count). The van der Waals surface area contributed by atoms with Crippen LogP contribution in [0.3, 0.4) is 0 Å². The van der Waals surface area contributed by atoms with Gasteiger partial charge in [0.15, 0.2) is 0 Å². The smallest absolute Gasteiger partial charge is 0.269 e. The third-order valence-corrected chi connectivity index (χ3v) is 5.35. The second-order valence-corrected chi connectivity index (χ2v) is 7.44. The summed E-state index contributed by atoms with van der Waals surface area (Å²) in [6, 6.07) is 17.7. The second-order valence-electron chi connectivity index (χ2n) is 7.00. The van der Waals surface area contributed by atoms with E-state index in [1.54, 1.807) is 5.01 Å². The SMILES string of the molecule is O=C(NN1CCCCC1)N1CC(c2ccccc2)C(c2ccc(Cl)cc2)=N1. The molecule has 0 radical (unpaired) electrons. The number of hydrazone groups is 1. The Balaban J connectivity index is 1.58. The lowest BCUT2D eigenvalue weighted by atomic mass is 9.91. The molecule has 1 saturated heterocycles. The molecule has 0 aliphatic carbocycles. The fraction of sp³-hybridized carbons (Fsp3) is 0.333. The van der Waals surface area contributed by atoms with E-state index in [2.05, 4.69) is 22.7 Å². The van der Waals surface area contributed by atoms with Gasteiger partial charge in [0.25, 0.3) is 0 Å². The normalized spacial score (nSPS) is 20.4. The minimum atomic E-state index is -0.165. The first-order valence-electron chi connectivity index (χ1n) is 9.43. The average Bonchev–Trinajstić information content (AvgIpc) is 3.16. The summed E-state index contributed by atoms with van der Waals surface area (Å²) in [6.45, 7) is 2.33. The third-order valence-electron chi connectivity index (χ3n) is 5.10. The number of nitrogens with zero attached hydrogens (tertiary/aromatic N) is 3. The van der Waals surface area contributed by atoms with Gasteiger partial charge >= 0.3 is 6.03 Å². The number of hydrogen-bond donors (Lipinski definition) is 1. The number of amides is 2. The number of carbonyl (C=O) groups is 1. The molecule has 1 N–H and O–H groups in total. The Morgan fingerprint density at radius 1 is 1.00 bits per heavy atom. The molecule has 0 spiro atoms. The zero-order valence-electron chi connectivity index (χ0n) is 15.1. The first-order valence-corrected chi connectivity index (χ1v) is 9.81. The summed E-state index contributed by atoms with van der Waals surface area (Å²) >= 11 is 6.04. The highest BCUT2D eigenvalue weighted by atomic mass is 35.5. The zero-order chi connectivity index (χ0) is 18.6. The van der Waals surface area contributed by atoms with Gasteiger partial charge in [-0.05, 0) is 36.1 Å². The molecule has 5 nitrogen and oxygen atoms in total. The Bertz CT molecular complexity index is 816. The van der Waals surface area contributed by atoms with Crippen molar-refractivity contribution in [1.29, 1.82) is 0 Å². The molecule has 2 amide bonds. The van der Waals surface area contributed by atoms with Crippen LogP contribution < -0.4 is 5.43 Å². The summed E-state index contributed by atoms with van der Waals surface area (Å²) in [4.78, 5) is 12.8. The number of halogens is 1. The number of urea groups is 1. The molecule has 1 fully saturated rings. The van der Waals surface area contributed by atoms with Crippen molar-refractivity contribution in [3.63, 3.8) is 0 Å². The van der Waals surface area contributed by atoms with Gasteiger partial charge in [0, 0.05) is 24.0 Å². The number of benzene rings is 2. The van der Waals surface area contributed by atoms with Gasteiger partial charge in [-0.3, -0.25) is 5.43 Å². The van der Waals surface area contributed by atoms with Crippen LogP contribution in [0, 0.1) is 0 Å². The highest BCUT2D eigenvalue weighted by Crippen LogP contribution is 2.29. The highest BCUT2D eigenvalue weighted by molar-refractivity contribution is 6.30. The summed E-state index contributed by atoms with van der Waals surface area (Å²) in [7, 11) is 0. The molecular formula is C21H23ClN4O. The molecule has 2 aromatic carbocycles. The molecule has 0 bridgehead atoms. The van der Waals surface area contributed by atoms with E-state index in [-0.39, 0.29) is 11.9 Å². The molecule has 1 unspecified atom stereocenters. The maximum atomic E-state index is 12.8. The van der Waals surface area contributed by atoms with Gasteiger partial charge in [-0.1, -0.05) is 60.5 Å². The third kappa shape index (κ3) is 4.15. The van der Waals surface area contributed by atoms with E-state index in [1.165, 1.54) is 6.42 Å².